The molecule has 0 radical (unpaired) electrons. The zero-order chi connectivity index (χ0) is 13.8. The van der Waals surface area contributed by atoms with Crippen LogP contribution in [0.4, 0.5) is 0 Å². The van der Waals surface area contributed by atoms with Crippen LogP contribution in [-0.4, -0.2) is 24.7 Å². The van der Waals surface area contributed by atoms with Crippen LogP contribution >= 0.6 is 0 Å². The Labute approximate surface area is 111 Å². The number of ether oxygens (including phenoxy) is 1. The molecule has 0 fully saturated rings. The minimum Gasteiger partial charge on any atom is -0.379 e. The molecule has 3 nitrogen and oxygen atoms in total. The largest absolute Gasteiger partial charge is 0.379 e. The molecule has 0 aliphatic carbocycles. The van der Waals surface area contributed by atoms with Crippen molar-refractivity contribution in [3.05, 3.63) is 29.6 Å². The van der Waals surface area contributed by atoms with Gasteiger partial charge in [0.15, 0.2) is 0 Å². The average Bonchev–Trinajstić information content (AvgIpc) is 2.27. The molecule has 1 aromatic heterocycles. The van der Waals surface area contributed by atoms with Crippen LogP contribution in [0.15, 0.2) is 18.5 Å². The average molecular weight is 250 g/mol. The Morgan fingerprint density at radius 3 is 2.44 bits per heavy atom. The Morgan fingerprint density at radius 2 is 2.00 bits per heavy atom. The van der Waals surface area contributed by atoms with E-state index >= 15 is 0 Å². The summed E-state index contributed by atoms with van der Waals surface area (Å²) in [6.45, 7) is 11.7. The van der Waals surface area contributed by atoms with Crippen LogP contribution in [0.1, 0.15) is 44.9 Å². The predicted molar refractivity (Wildman–Crippen MR) is 75.6 cm³/mol. The lowest BCUT2D eigenvalue weighted by Gasteiger charge is -2.36. The van der Waals surface area contributed by atoms with Gasteiger partial charge in [0.2, 0.25) is 0 Å². The van der Waals surface area contributed by atoms with Gasteiger partial charge >= 0.3 is 0 Å². The van der Waals surface area contributed by atoms with E-state index in [1.165, 1.54) is 11.1 Å². The minimum atomic E-state index is 0.0747. The third-order valence-electron chi connectivity index (χ3n) is 3.09. The quantitative estimate of drug-likeness (QED) is 0.872. The molecule has 0 aliphatic heterocycles. The highest BCUT2D eigenvalue weighted by Gasteiger charge is 2.33. The molecule has 1 aromatic rings. The summed E-state index contributed by atoms with van der Waals surface area (Å²) in [6.07, 6.45) is 3.92. The highest BCUT2D eigenvalue weighted by Crippen LogP contribution is 2.32. The molecule has 1 N–H and O–H groups in total. The molecule has 1 heterocycles. The van der Waals surface area contributed by atoms with Gasteiger partial charge in [-0.3, -0.25) is 4.98 Å². The van der Waals surface area contributed by atoms with Crippen molar-refractivity contribution in [3.63, 3.8) is 0 Å². The van der Waals surface area contributed by atoms with Crippen LogP contribution < -0.4 is 5.32 Å². The fourth-order valence-corrected chi connectivity index (χ4v) is 2.36. The van der Waals surface area contributed by atoms with Gasteiger partial charge in [0.1, 0.15) is 0 Å². The molecule has 18 heavy (non-hydrogen) atoms. The Hall–Kier alpha value is -0.930. The van der Waals surface area contributed by atoms with Crippen LogP contribution in [0.3, 0.4) is 0 Å². The molecule has 3 heteroatoms. The van der Waals surface area contributed by atoms with E-state index in [2.05, 4.69) is 51.0 Å². The van der Waals surface area contributed by atoms with Crippen LogP contribution in [0.25, 0.3) is 0 Å². The zero-order valence-electron chi connectivity index (χ0n) is 12.4. The SMILES string of the molecule is CCNC(c1cncc(C)c1)C(OC)C(C)(C)C. The van der Waals surface area contributed by atoms with Crippen molar-refractivity contribution in [2.45, 2.75) is 46.8 Å². The lowest BCUT2D eigenvalue weighted by atomic mass is 9.82. The highest BCUT2D eigenvalue weighted by atomic mass is 16.5. The second kappa shape index (κ2) is 6.30. The number of nitrogens with one attached hydrogen (secondary N) is 1. The summed E-state index contributed by atoms with van der Waals surface area (Å²) in [5, 5.41) is 3.52. The minimum absolute atomic E-state index is 0.0747. The maximum absolute atomic E-state index is 5.73. The topological polar surface area (TPSA) is 34.2 Å². The standard InChI is InChI=1S/C15H26N2O/c1-7-17-13(14(18-6)15(3,4)5)12-8-11(2)9-16-10-12/h8-10,13-14,17H,7H2,1-6H3. The van der Waals surface area contributed by atoms with Crippen molar-refractivity contribution in [3.8, 4) is 0 Å². The number of hydrogen-bond donors (Lipinski definition) is 1. The van der Waals surface area contributed by atoms with Gasteiger partial charge in [0, 0.05) is 19.5 Å². The van der Waals surface area contributed by atoms with Gasteiger partial charge in [-0.25, -0.2) is 0 Å². The van der Waals surface area contributed by atoms with Crippen LogP contribution in [-0.2, 0) is 4.74 Å². The van der Waals surface area contributed by atoms with E-state index in [4.69, 9.17) is 4.74 Å². The number of likely N-dealkylation sites (N-methyl/N-ethyl adjacent to an activating group) is 1. The molecule has 102 valence electrons. The van der Waals surface area contributed by atoms with Gasteiger partial charge in [-0.05, 0) is 30.0 Å². The van der Waals surface area contributed by atoms with Gasteiger partial charge < -0.3 is 10.1 Å². The number of hydrogen-bond acceptors (Lipinski definition) is 3. The van der Waals surface area contributed by atoms with Crippen molar-refractivity contribution < 1.29 is 4.74 Å². The Bertz CT molecular complexity index is 371. The van der Waals surface area contributed by atoms with Crippen LogP contribution in [0, 0.1) is 12.3 Å². The summed E-state index contributed by atoms with van der Waals surface area (Å²) in [6, 6.07) is 2.35. The van der Waals surface area contributed by atoms with Gasteiger partial charge in [-0.2, -0.15) is 0 Å². The summed E-state index contributed by atoms with van der Waals surface area (Å²) in [5.41, 5.74) is 2.45. The molecular weight excluding hydrogens is 224 g/mol. The number of nitrogens with zero attached hydrogens (tertiary/aromatic N) is 1. The van der Waals surface area contributed by atoms with E-state index in [1.54, 1.807) is 7.11 Å². The fourth-order valence-electron chi connectivity index (χ4n) is 2.36. The van der Waals surface area contributed by atoms with E-state index in [0.717, 1.165) is 6.54 Å². The lowest BCUT2D eigenvalue weighted by molar-refractivity contribution is -0.0116. The van der Waals surface area contributed by atoms with E-state index in [-0.39, 0.29) is 17.6 Å². The molecule has 0 aliphatic rings. The normalized spacial score (nSPS) is 15.4. The molecule has 0 aromatic carbocycles. The summed E-state index contributed by atoms with van der Waals surface area (Å²) in [4.78, 5) is 4.29. The third-order valence-corrected chi connectivity index (χ3v) is 3.09. The van der Waals surface area contributed by atoms with Crippen molar-refractivity contribution in [1.29, 1.82) is 0 Å². The second-order valence-corrected chi connectivity index (χ2v) is 5.85. The van der Waals surface area contributed by atoms with E-state index < -0.39 is 0 Å². The molecule has 0 spiro atoms. The van der Waals surface area contributed by atoms with Gasteiger partial charge in [0.25, 0.3) is 0 Å². The van der Waals surface area contributed by atoms with E-state index in [1.807, 2.05) is 12.4 Å². The van der Waals surface area contributed by atoms with Crippen LogP contribution in [0.2, 0.25) is 0 Å². The number of aromatic nitrogens is 1. The highest BCUT2D eigenvalue weighted by molar-refractivity contribution is 5.22. The molecule has 2 unspecified atom stereocenters. The fraction of sp³-hybridized carbons (Fsp3) is 0.667. The Morgan fingerprint density at radius 1 is 1.33 bits per heavy atom. The molecule has 0 bridgehead atoms. The maximum Gasteiger partial charge on any atom is 0.0814 e. The van der Waals surface area contributed by atoms with Crippen molar-refractivity contribution in [2.75, 3.05) is 13.7 Å². The van der Waals surface area contributed by atoms with Gasteiger partial charge in [0.05, 0.1) is 12.1 Å². The number of pyridine rings is 1. The van der Waals surface area contributed by atoms with Crippen molar-refractivity contribution in [2.24, 2.45) is 5.41 Å². The molecule has 0 saturated carbocycles. The predicted octanol–water partition coefficient (Wildman–Crippen LogP) is 3.10. The van der Waals surface area contributed by atoms with Crippen molar-refractivity contribution in [1.82, 2.24) is 10.3 Å². The summed E-state index contributed by atoms with van der Waals surface area (Å²) >= 11 is 0. The van der Waals surface area contributed by atoms with Crippen molar-refractivity contribution >= 4 is 0 Å². The molecular formula is C15H26N2O. The second-order valence-electron chi connectivity index (χ2n) is 5.85. The first kappa shape index (κ1) is 15.1. The monoisotopic (exact) mass is 250 g/mol. The smallest absolute Gasteiger partial charge is 0.0814 e. The lowest BCUT2D eigenvalue weighted by Crippen LogP contribution is -2.41. The van der Waals surface area contributed by atoms with E-state index in [0.29, 0.717) is 0 Å². The number of aryl methyl sites for hydroxylation is 1. The summed E-state index contributed by atoms with van der Waals surface area (Å²) in [7, 11) is 1.78. The number of methoxy groups -OCH3 is 1. The first-order chi connectivity index (χ1) is 8.40. The Kier molecular flexibility index (Phi) is 5.29. The zero-order valence-corrected chi connectivity index (χ0v) is 12.4. The van der Waals surface area contributed by atoms with Gasteiger partial charge in [-0.15, -0.1) is 0 Å². The first-order valence-corrected chi connectivity index (χ1v) is 6.58. The van der Waals surface area contributed by atoms with Crippen LogP contribution in [0.5, 0.6) is 0 Å². The number of rotatable bonds is 5. The molecule has 1 rings (SSSR count). The molecule has 0 saturated heterocycles. The third kappa shape index (κ3) is 3.79. The summed E-state index contributed by atoms with van der Waals surface area (Å²) < 4.78 is 5.73. The first-order valence-electron chi connectivity index (χ1n) is 6.58. The van der Waals surface area contributed by atoms with Gasteiger partial charge in [-0.1, -0.05) is 33.8 Å². The molecule has 0 amide bonds. The Balaban J connectivity index is 3.08. The van der Waals surface area contributed by atoms with E-state index in [9.17, 15) is 0 Å². The molecule has 2 atom stereocenters. The maximum atomic E-state index is 5.73. The summed E-state index contributed by atoms with van der Waals surface area (Å²) in [5.74, 6) is 0.